The van der Waals surface area contributed by atoms with Gasteiger partial charge in [0.1, 0.15) is 11.6 Å². The Kier molecular flexibility index (Phi) is 4.57. The maximum Gasteiger partial charge on any atom is 0.227 e. The monoisotopic (exact) mass is 342 g/mol. The first-order valence-corrected chi connectivity index (χ1v) is 9.18. The zero-order valence-electron chi connectivity index (χ0n) is 15.1. The van der Waals surface area contributed by atoms with Crippen LogP contribution < -0.4 is 9.80 Å². The predicted molar refractivity (Wildman–Crippen MR) is 96.9 cm³/mol. The Labute approximate surface area is 148 Å². The van der Waals surface area contributed by atoms with Crippen molar-refractivity contribution in [2.75, 3.05) is 49.1 Å². The van der Waals surface area contributed by atoms with Crippen molar-refractivity contribution in [3.05, 3.63) is 29.3 Å². The molecule has 0 N–H and O–H groups in total. The number of piperazine rings is 1. The van der Waals surface area contributed by atoms with E-state index in [-0.39, 0.29) is 0 Å². The van der Waals surface area contributed by atoms with E-state index >= 15 is 0 Å². The number of hydrogen-bond acceptors (Lipinski definition) is 7. The lowest BCUT2D eigenvalue weighted by molar-refractivity contribution is 0.247. The Morgan fingerprint density at radius 1 is 1.00 bits per heavy atom. The summed E-state index contributed by atoms with van der Waals surface area (Å²) in [5.74, 6) is 2.87. The van der Waals surface area contributed by atoms with Crippen LogP contribution in [0.4, 0.5) is 11.8 Å². The molecule has 7 heteroatoms. The summed E-state index contributed by atoms with van der Waals surface area (Å²) < 4.78 is 5.28. The van der Waals surface area contributed by atoms with Crippen LogP contribution in [0.25, 0.3) is 0 Å². The van der Waals surface area contributed by atoms with Crippen molar-refractivity contribution in [2.45, 2.75) is 33.2 Å². The predicted octanol–water partition coefficient (Wildman–Crippen LogP) is 2.00. The summed E-state index contributed by atoms with van der Waals surface area (Å²) in [6.07, 6.45) is 4.38. The fourth-order valence-electron chi connectivity index (χ4n) is 3.67. The number of aryl methyl sites for hydroxylation is 2. The van der Waals surface area contributed by atoms with E-state index in [2.05, 4.69) is 24.8 Å². The summed E-state index contributed by atoms with van der Waals surface area (Å²) >= 11 is 0. The SMILES string of the molecule is Cc1noc(C)c1CN1CCN(c2ccnc(N3CCCC3)n2)CC1. The van der Waals surface area contributed by atoms with Gasteiger partial charge in [0.05, 0.1) is 5.69 Å². The van der Waals surface area contributed by atoms with Crippen LogP contribution in [-0.4, -0.2) is 59.3 Å². The smallest absolute Gasteiger partial charge is 0.227 e. The maximum absolute atomic E-state index is 5.28. The highest BCUT2D eigenvalue weighted by molar-refractivity contribution is 5.44. The highest BCUT2D eigenvalue weighted by Crippen LogP contribution is 2.21. The van der Waals surface area contributed by atoms with Gasteiger partial charge in [-0.1, -0.05) is 5.16 Å². The Bertz CT molecular complexity index is 697. The Hall–Kier alpha value is -2.15. The average molecular weight is 342 g/mol. The number of aromatic nitrogens is 3. The van der Waals surface area contributed by atoms with Crippen LogP contribution in [0.3, 0.4) is 0 Å². The minimum atomic E-state index is 0.883. The van der Waals surface area contributed by atoms with Crippen LogP contribution in [0, 0.1) is 13.8 Å². The third-order valence-electron chi connectivity index (χ3n) is 5.28. The molecule has 25 heavy (non-hydrogen) atoms. The van der Waals surface area contributed by atoms with Gasteiger partial charge in [0.2, 0.25) is 5.95 Å². The first-order chi connectivity index (χ1) is 12.2. The highest BCUT2D eigenvalue weighted by atomic mass is 16.5. The molecule has 0 radical (unpaired) electrons. The Balaban J connectivity index is 1.38. The maximum atomic E-state index is 5.28. The van der Waals surface area contributed by atoms with Crippen LogP contribution in [0.5, 0.6) is 0 Å². The molecule has 2 aromatic rings. The molecular weight excluding hydrogens is 316 g/mol. The third kappa shape index (κ3) is 3.46. The first kappa shape index (κ1) is 16.3. The molecule has 2 aromatic heterocycles. The van der Waals surface area contributed by atoms with Crippen molar-refractivity contribution in [1.82, 2.24) is 20.0 Å². The normalized spacial score (nSPS) is 19.0. The molecule has 2 fully saturated rings. The van der Waals surface area contributed by atoms with Crippen LogP contribution in [0.15, 0.2) is 16.8 Å². The topological polar surface area (TPSA) is 61.5 Å². The van der Waals surface area contributed by atoms with E-state index in [1.165, 1.54) is 18.4 Å². The van der Waals surface area contributed by atoms with E-state index in [1.807, 2.05) is 26.1 Å². The van der Waals surface area contributed by atoms with Crippen molar-refractivity contribution >= 4 is 11.8 Å². The quantitative estimate of drug-likeness (QED) is 0.842. The standard InChI is InChI=1S/C18H26N6O/c1-14-16(15(2)25-21-14)13-22-9-11-23(12-10-22)17-5-6-19-18(20-17)24-7-3-4-8-24/h5-6H,3-4,7-13H2,1-2H3. The van der Waals surface area contributed by atoms with Gasteiger partial charge in [0.25, 0.3) is 0 Å². The fraction of sp³-hybridized carbons (Fsp3) is 0.611. The second-order valence-electron chi connectivity index (χ2n) is 6.97. The molecule has 0 saturated carbocycles. The molecule has 4 rings (SSSR count). The van der Waals surface area contributed by atoms with Crippen molar-refractivity contribution < 1.29 is 4.52 Å². The molecule has 4 heterocycles. The summed E-state index contributed by atoms with van der Waals surface area (Å²) in [5.41, 5.74) is 2.23. The van der Waals surface area contributed by atoms with Crippen LogP contribution >= 0.6 is 0 Å². The van der Waals surface area contributed by atoms with Crippen LogP contribution in [0.2, 0.25) is 0 Å². The second kappa shape index (κ2) is 7.00. The van der Waals surface area contributed by atoms with E-state index in [4.69, 9.17) is 9.51 Å². The number of rotatable bonds is 4. The molecule has 0 spiro atoms. The van der Waals surface area contributed by atoms with Gasteiger partial charge >= 0.3 is 0 Å². The number of hydrogen-bond donors (Lipinski definition) is 0. The molecule has 0 aliphatic carbocycles. The minimum absolute atomic E-state index is 0.883. The average Bonchev–Trinajstić information content (AvgIpc) is 3.29. The van der Waals surface area contributed by atoms with Gasteiger partial charge < -0.3 is 14.3 Å². The Morgan fingerprint density at radius 3 is 2.44 bits per heavy atom. The van der Waals surface area contributed by atoms with Gasteiger partial charge in [-0.05, 0) is 32.8 Å². The molecule has 0 amide bonds. The molecule has 0 bridgehead atoms. The first-order valence-electron chi connectivity index (χ1n) is 9.18. The molecule has 0 unspecified atom stereocenters. The zero-order valence-corrected chi connectivity index (χ0v) is 15.1. The number of anilines is 2. The molecule has 2 saturated heterocycles. The number of nitrogens with zero attached hydrogens (tertiary/aromatic N) is 6. The molecule has 7 nitrogen and oxygen atoms in total. The lowest BCUT2D eigenvalue weighted by Crippen LogP contribution is -2.46. The third-order valence-corrected chi connectivity index (χ3v) is 5.28. The molecular formula is C18H26N6O. The summed E-state index contributed by atoms with van der Waals surface area (Å²) in [7, 11) is 0. The van der Waals surface area contributed by atoms with E-state index in [1.54, 1.807) is 0 Å². The summed E-state index contributed by atoms with van der Waals surface area (Å²) in [5, 5.41) is 4.06. The van der Waals surface area contributed by atoms with E-state index in [9.17, 15) is 0 Å². The van der Waals surface area contributed by atoms with Gasteiger partial charge in [0.15, 0.2) is 0 Å². The lowest BCUT2D eigenvalue weighted by atomic mass is 10.2. The molecule has 2 aliphatic heterocycles. The minimum Gasteiger partial charge on any atom is -0.361 e. The molecule has 0 aromatic carbocycles. The van der Waals surface area contributed by atoms with Crippen LogP contribution in [0.1, 0.15) is 29.9 Å². The Morgan fingerprint density at radius 2 is 1.76 bits per heavy atom. The summed E-state index contributed by atoms with van der Waals surface area (Å²) in [6.45, 7) is 11.1. The second-order valence-corrected chi connectivity index (χ2v) is 6.97. The summed E-state index contributed by atoms with van der Waals surface area (Å²) in [4.78, 5) is 16.4. The van der Waals surface area contributed by atoms with Gasteiger partial charge in [-0.3, -0.25) is 4.90 Å². The van der Waals surface area contributed by atoms with Gasteiger partial charge in [-0.2, -0.15) is 4.98 Å². The van der Waals surface area contributed by atoms with E-state index in [0.29, 0.717) is 0 Å². The summed E-state index contributed by atoms with van der Waals surface area (Å²) in [6, 6.07) is 2.03. The van der Waals surface area contributed by atoms with Crippen molar-refractivity contribution in [3.8, 4) is 0 Å². The van der Waals surface area contributed by atoms with Crippen molar-refractivity contribution in [1.29, 1.82) is 0 Å². The van der Waals surface area contributed by atoms with Gasteiger partial charge in [-0.25, -0.2) is 4.98 Å². The van der Waals surface area contributed by atoms with E-state index < -0.39 is 0 Å². The van der Waals surface area contributed by atoms with Crippen LogP contribution in [-0.2, 0) is 6.54 Å². The molecule has 0 atom stereocenters. The van der Waals surface area contributed by atoms with E-state index in [0.717, 1.165) is 69.0 Å². The zero-order chi connectivity index (χ0) is 17.2. The van der Waals surface area contributed by atoms with Crippen molar-refractivity contribution in [2.24, 2.45) is 0 Å². The highest BCUT2D eigenvalue weighted by Gasteiger charge is 2.22. The fourth-order valence-corrected chi connectivity index (χ4v) is 3.67. The molecule has 134 valence electrons. The van der Waals surface area contributed by atoms with Crippen molar-refractivity contribution in [3.63, 3.8) is 0 Å². The van der Waals surface area contributed by atoms with Gasteiger partial charge in [-0.15, -0.1) is 0 Å². The molecule has 2 aliphatic rings. The lowest BCUT2D eigenvalue weighted by Gasteiger charge is -2.35. The van der Waals surface area contributed by atoms with Gasteiger partial charge in [0, 0.05) is 57.6 Å². The largest absolute Gasteiger partial charge is 0.361 e.